The zero-order valence-corrected chi connectivity index (χ0v) is 13.7. The average Bonchev–Trinajstić information content (AvgIpc) is 3.04. The maximum absolute atomic E-state index is 11.4. The van der Waals surface area contributed by atoms with Crippen LogP contribution in [0.25, 0.3) is 0 Å². The molecule has 1 fully saturated rings. The van der Waals surface area contributed by atoms with Crippen molar-refractivity contribution >= 4 is 17.4 Å². The van der Waals surface area contributed by atoms with Crippen molar-refractivity contribution < 1.29 is 14.3 Å². The van der Waals surface area contributed by atoms with Gasteiger partial charge in [0.05, 0.1) is 0 Å². The van der Waals surface area contributed by atoms with Crippen molar-refractivity contribution in [2.24, 2.45) is 0 Å². The Morgan fingerprint density at radius 3 is 2.33 bits per heavy atom. The van der Waals surface area contributed by atoms with Crippen LogP contribution in [0.1, 0.15) is 24.3 Å². The van der Waals surface area contributed by atoms with Gasteiger partial charge in [-0.15, -0.1) is 0 Å². The predicted molar refractivity (Wildman–Crippen MR) is 87.4 cm³/mol. The Bertz CT molecular complexity index is 732. The number of amides is 1. The lowest BCUT2D eigenvalue weighted by Crippen LogP contribution is -2.48. The molecule has 1 amide bonds. The molecule has 2 aromatic rings. The third kappa shape index (κ3) is 3.37. The van der Waals surface area contributed by atoms with Crippen molar-refractivity contribution in [3.8, 4) is 11.6 Å². The summed E-state index contributed by atoms with van der Waals surface area (Å²) in [6.45, 7) is 6.09. The highest BCUT2D eigenvalue weighted by Crippen LogP contribution is 2.25. The number of nitrogens with zero attached hydrogens (tertiary/aromatic N) is 4. The van der Waals surface area contributed by atoms with Crippen LogP contribution in [0, 0.1) is 0 Å². The van der Waals surface area contributed by atoms with Gasteiger partial charge in [0, 0.05) is 45.7 Å². The fourth-order valence-electron chi connectivity index (χ4n) is 2.64. The van der Waals surface area contributed by atoms with Crippen molar-refractivity contribution in [3.63, 3.8) is 0 Å². The van der Waals surface area contributed by atoms with E-state index >= 15 is 0 Å². The Kier molecular flexibility index (Phi) is 4.45. The minimum Gasteiger partial charge on any atom is -0.436 e. The number of rotatable bonds is 4. The number of hydrogen-bond donors (Lipinski definition) is 1. The van der Waals surface area contributed by atoms with Crippen molar-refractivity contribution in [1.82, 2.24) is 20.3 Å². The molecule has 1 aliphatic heterocycles. The number of Topliss-reactive ketones (excluding diaryl/α,β-unsaturated/α-hetero) is 1. The molecule has 1 saturated heterocycles. The molecule has 3 rings (SSSR count). The van der Waals surface area contributed by atoms with Crippen LogP contribution in [0.15, 0.2) is 24.3 Å². The van der Waals surface area contributed by atoms with Crippen LogP contribution in [0.3, 0.4) is 0 Å². The maximum atomic E-state index is 11.4. The molecule has 0 bridgehead atoms. The number of H-pyrrole nitrogens is 1. The maximum Gasteiger partial charge on any atom is 0.269 e. The number of nitrogens with one attached hydrogen (secondary N) is 1. The van der Waals surface area contributed by atoms with Crippen molar-refractivity contribution in [2.75, 3.05) is 31.1 Å². The second-order valence-electron chi connectivity index (χ2n) is 5.64. The molecule has 1 aromatic carbocycles. The van der Waals surface area contributed by atoms with Gasteiger partial charge in [-0.05, 0) is 24.3 Å². The highest BCUT2D eigenvalue weighted by molar-refractivity contribution is 5.94. The van der Waals surface area contributed by atoms with Crippen LogP contribution < -0.4 is 9.64 Å². The average molecular weight is 329 g/mol. The molecule has 0 atom stereocenters. The van der Waals surface area contributed by atoms with Gasteiger partial charge in [0.1, 0.15) is 5.75 Å². The molecule has 8 nitrogen and oxygen atoms in total. The highest BCUT2D eigenvalue weighted by Gasteiger charge is 2.19. The van der Waals surface area contributed by atoms with E-state index < -0.39 is 0 Å². The summed E-state index contributed by atoms with van der Waals surface area (Å²) in [5, 5.41) is 9.89. The summed E-state index contributed by atoms with van der Waals surface area (Å²) in [5.74, 6) is 0.685. The van der Waals surface area contributed by atoms with Crippen LogP contribution in [-0.4, -0.2) is 58.2 Å². The summed E-state index contributed by atoms with van der Waals surface area (Å²) in [5.41, 5.74) is 1.32. The lowest BCUT2D eigenvalue weighted by molar-refractivity contribution is -0.129. The van der Waals surface area contributed by atoms with Gasteiger partial charge in [-0.25, -0.2) is 0 Å². The van der Waals surface area contributed by atoms with Gasteiger partial charge in [0.25, 0.3) is 5.88 Å². The summed E-state index contributed by atoms with van der Waals surface area (Å²) in [6.07, 6.45) is 0. The van der Waals surface area contributed by atoms with E-state index in [1.54, 1.807) is 6.92 Å². The second kappa shape index (κ2) is 6.69. The molecule has 2 heterocycles. The molecule has 126 valence electrons. The van der Waals surface area contributed by atoms with Gasteiger partial charge >= 0.3 is 0 Å². The van der Waals surface area contributed by atoms with Gasteiger partial charge < -0.3 is 14.5 Å². The molecule has 1 aromatic heterocycles. The zero-order valence-electron chi connectivity index (χ0n) is 13.7. The first-order chi connectivity index (χ1) is 11.5. The van der Waals surface area contributed by atoms with Gasteiger partial charge in [0.2, 0.25) is 5.91 Å². The van der Waals surface area contributed by atoms with E-state index in [0.29, 0.717) is 5.75 Å². The van der Waals surface area contributed by atoms with Crippen LogP contribution in [0.5, 0.6) is 11.6 Å². The lowest BCUT2D eigenvalue weighted by atomic mass is 10.2. The van der Waals surface area contributed by atoms with E-state index in [0.717, 1.165) is 31.9 Å². The minimum absolute atomic E-state index is 0.118. The summed E-state index contributed by atoms with van der Waals surface area (Å²) < 4.78 is 5.60. The van der Waals surface area contributed by atoms with E-state index in [1.807, 2.05) is 29.2 Å². The van der Waals surface area contributed by atoms with Gasteiger partial charge in [-0.1, -0.05) is 10.3 Å². The van der Waals surface area contributed by atoms with Crippen molar-refractivity contribution in [1.29, 1.82) is 0 Å². The van der Waals surface area contributed by atoms with Crippen molar-refractivity contribution in [3.05, 3.63) is 30.0 Å². The molecule has 0 saturated carbocycles. The number of carbonyl (C=O) groups excluding carboxylic acids is 2. The predicted octanol–water partition coefficient (Wildman–Crippen LogP) is 1.47. The quantitative estimate of drug-likeness (QED) is 0.854. The normalized spacial score (nSPS) is 14.6. The molecule has 8 heteroatoms. The third-order valence-corrected chi connectivity index (χ3v) is 4.01. The van der Waals surface area contributed by atoms with Crippen LogP contribution in [0.2, 0.25) is 0 Å². The fraction of sp³-hybridized carbons (Fsp3) is 0.375. The minimum atomic E-state index is -0.185. The highest BCUT2D eigenvalue weighted by atomic mass is 16.5. The Labute approximate surface area is 139 Å². The summed E-state index contributed by atoms with van der Waals surface area (Å²) >= 11 is 0. The summed E-state index contributed by atoms with van der Waals surface area (Å²) in [6, 6.07) is 7.55. The van der Waals surface area contributed by atoms with Crippen LogP contribution in [0.4, 0.5) is 5.69 Å². The van der Waals surface area contributed by atoms with E-state index in [2.05, 4.69) is 20.3 Å². The number of aromatic amines is 1. The summed E-state index contributed by atoms with van der Waals surface area (Å²) in [4.78, 5) is 26.9. The van der Waals surface area contributed by atoms with E-state index in [1.165, 1.54) is 6.92 Å². The topological polar surface area (TPSA) is 91.4 Å². The Balaban J connectivity index is 1.65. The fourth-order valence-corrected chi connectivity index (χ4v) is 2.64. The first-order valence-electron chi connectivity index (χ1n) is 7.75. The zero-order chi connectivity index (χ0) is 17.1. The van der Waals surface area contributed by atoms with E-state index in [4.69, 9.17) is 4.74 Å². The van der Waals surface area contributed by atoms with Crippen LogP contribution >= 0.6 is 0 Å². The number of aromatic nitrogens is 3. The number of hydrogen-bond acceptors (Lipinski definition) is 6. The third-order valence-electron chi connectivity index (χ3n) is 4.01. The molecule has 1 N–H and O–H groups in total. The molecule has 0 aliphatic carbocycles. The first kappa shape index (κ1) is 16.0. The molecule has 1 aliphatic rings. The Hall–Kier alpha value is -2.90. The first-order valence-corrected chi connectivity index (χ1v) is 7.75. The summed E-state index contributed by atoms with van der Waals surface area (Å²) in [7, 11) is 0. The smallest absolute Gasteiger partial charge is 0.269 e. The molecular formula is C16H19N5O3. The number of anilines is 1. The standard InChI is InChI=1S/C16H19N5O3/c1-11(22)15-16(18-19-17-15)24-14-5-3-13(4-6-14)21-9-7-20(8-10-21)12(2)23/h3-6H,7-10H2,1-2H3,(H,17,18,19). The van der Waals surface area contributed by atoms with Crippen LogP contribution in [-0.2, 0) is 4.79 Å². The number of ether oxygens (including phenoxy) is 1. The number of benzene rings is 1. The van der Waals surface area contributed by atoms with E-state index in [-0.39, 0.29) is 23.3 Å². The molecule has 0 radical (unpaired) electrons. The van der Waals surface area contributed by atoms with Gasteiger partial charge in [-0.3, -0.25) is 14.7 Å². The van der Waals surface area contributed by atoms with Gasteiger partial charge in [0.15, 0.2) is 11.5 Å². The van der Waals surface area contributed by atoms with E-state index in [9.17, 15) is 9.59 Å². The molecule has 0 unspecified atom stereocenters. The Morgan fingerprint density at radius 1 is 1.08 bits per heavy atom. The lowest BCUT2D eigenvalue weighted by Gasteiger charge is -2.35. The molecular weight excluding hydrogens is 310 g/mol. The molecule has 0 spiro atoms. The number of carbonyl (C=O) groups is 2. The Morgan fingerprint density at radius 2 is 1.75 bits per heavy atom. The monoisotopic (exact) mass is 329 g/mol. The largest absolute Gasteiger partial charge is 0.436 e. The number of ketones is 1. The van der Waals surface area contributed by atoms with Crippen molar-refractivity contribution in [2.45, 2.75) is 13.8 Å². The second-order valence-corrected chi connectivity index (χ2v) is 5.64. The molecule has 24 heavy (non-hydrogen) atoms. The van der Waals surface area contributed by atoms with Gasteiger partial charge in [-0.2, -0.15) is 0 Å². The number of piperazine rings is 1. The SMILES string of the molecule is CC(=O)c1[nH]nnc1Oc1ccc(N2CCN(C(C)=O)CC2)cc1.